The lowest BCUT2D eigenvalue weighted by Crippen LogP contribution is -2.30. The van der Waals surface area contributed by atoms with E-state index < -0.39 is 27.7 Å². The van der Waals surface area contributed by atoms with Gasteiger partial charge in [0.05, 0.1) is 0 Å². The zero-order chi connectivity index (χ0) is 20.5. The fourth-order valence-electron chi connectivity index (χ4n) is 2.78. The van der Waals surface area contributed by atoms with E-state index in [-0.39, 0.29) is 12.2 Å². The van der Waals surface area contributed by atoms with Crippen LogP contribution in [0, 0.1) is 5.41 Å². The van der Waals surface area contributed by atoms with Gasteiger partial charge >= 0.3 is 5.97 Å². The summed E-state index contributed by atoms with van der Waals surface area (Å²) in [5.41, 5.74) is 0.342. The molecule has 28 heavy (non-hydrogen) atoms. The number of esters is 1. The molecule has 2 aromatic carbocycles. The molecule has 1 aliphatic carbocycles. The van der Waals surface area contributed by atoms with Crippen LogP contribution in [0.25, 0.3) is 0 Å². The summed E-state index contributed by atoms with van der Waals surface area (Å²) in [6, 6.07) is 15.2. The Kier molecular flexibility index (Phi) is 5.50. The zero-order valence-corrected chi connectivity index (χ0v) is 16.9. The summed E-state index contributed by atoms with van der Waals surface area (Å²) in [6.45, 7) is 3.04. The van der Waals surface area contributed by atoms with E-state index in [4.69, 9.17) is 27.9 Å². The zero-order valence-electron chi connectivity index (χ0n) is 15.4. The summed E-state index contributed by atoms with van der Waals surface area (Å²) in [5, 5.41) is 2.70. The Bertz CT molecular complexity index is 929. The molecule has 2 aromatic rings. The van der Waals surface area contributed by atoms with Crippen molar-refractivity contribution in [3.8, 4) is 0 Å². The Hall–Kier alpha value is -2.37. The number of carbonyl (C=O) groups is 3. The lowest BCUT2D eigenvalue weighted by molar-refractivity contribution is -0.159. The van der Waals surface area contributed by atoms with Crippen molar-refractivity contribution in [3.63, 3.8) is 0 Å². The number of alkyl halides is 2. The Balaban J connectivity index is 1.83. The monoisotopic (exact) mass is 419 g/mol. The van der Waals surface area contributed by atoms with E-state index in [9.17, 15) is 14.4 Å². The van der Waals surface area contributed by atoms with E-state index in [0.29, 0.717) is 16.8 Å². The number of ether oxygens (including phenoxy) is 1. The lowest BCUT2D eigenvalue weighted by Gasteiger charge is -2.21. The number of Topliss-reactive ketones (excluding diaryl/α,β-unsaturated/α-hetero) is 1. The Morgan fingerprint density at radius 3 is 2.29 bits per heavy atom. The van der Waals surface area contributed by atoms with Crippen LogP contribution >= 0.6 is 23.2 Å². The van der Waals surface area contributed by atoms with Crippen LogP contribution in [0.15, 0.2) is 54.6 Å². The first kappa shape index (κ1) is 20.4. The molecule has 1 fully saturated rings. The average Bonchev–Trinajstić information content (AvgIpc) is 3.19. The number of anilines is 1. The fraction of sp³-hybridized carbons (Fsp3) is 0.286. The van der Waals surface area contributed by atoms with Gasteiger partial charge in [-0.2, -0.15) is 0 Å². The van der Waals surface area contributed by atoms with Gasteiger partial charge in [0, 0.05) is 23.2 Å². The molecule has 1 N–H and O–H groups in total. The molecule has 7 heteroatoms. The number of nitrogens with one attached hydrogen (secondary N) is 1. The molecule has 1 aliphatic rings. The molecule has 0 aliphatic heterocycles. The van der Waals surface area contributed by atoms with Crippen molar-refractivity contribution in [1.29, 1.82) is 0 Å². The van der Waals surface area contributed by atoms with Crippen molar-refractivity contribution in [2.75, 3.05) is 5.32 Å². The molecular weight excluding hydrogens is 401 g/mol. The third-order valence-corrected chi connectivity index (χ3v) is 5.91. The van der Waals surface area contributed by atoms with Gasteiger partial charge in [-0.3, -0.25) is 14.4 Å². The molecule has 1 amide bonds. The molecule has 1 saturated carbocycles. The predicted molar refractivity (Wildman–Crippen MR) is 108 cm³/mol. The molecular formula is C21H19Cl2NO4. The van der Waals surface area contributed by atoms with Crippen molar-refractivity contribution in [1.82, 2.24) is 0 Å². The fourth-order valence-corrected chi connectivity index (χ4v) is 3.47. The van der Waals surface area contributed by atoms with E-state index in [0.717, 1.165) is 0 Å². The molecule has 5 nitrogen and oxygen atoms in total. The van der Waals surface area contributed by atoms with Crippen LogP contribution in [-0.2, 0) is 14.3 Å². The molecule has 2 atom stereocenters. The Morgan fingerprint density at radius 2 is 1.71 bits per heavy atom. The Morgan fingerprint density at radius 1 is 1.07 bits per heavy atom. The van der Waals surface area contributed by atoms with Crippen LogP contribution in [0.2, 0.25) is 0 Å². The van der Waals surface area contributed by atoms with E-state index in [2.05, 4.69) is 5.32 Å². The van der Waals surface area contributed by atoms with Crippen LogP contribution < -0.4 is 5.32 Å². The summed E-state index contributed by atoms with van der Waals surface area (Å²) in [6.07, 6.45) is -0.928. The van der Waals surface area contributed by atoms with Crippen molar-refractivity contribution >= 4 is 46.5 Å². The maximum absolute atomic E-state index is 12.9. The minimum absolute atomic E-state index is 0.121. The third-order valence-electron chi connectivity index (χ3n) is 4.81. The summed E-state index contributed by atoms with van der Waals surface area (Å²) < 4.78 is 4.33. The quantitative estimate of drug-likeness (QED) is 0.418. The molecule has 0 unspecified atom stereocenters. The standard InChI is InChI=1S/C21H19Cl2NO4/c1-13(25)15-9-6-10-16(11-15)24-18(26)17(14-7-4-3-5-8-14)28-19(27)20(2)12-21(20,22)23/h3-11,17H,12H2,1-2H3,(H,24,26)/t17-,20+/m1/s1. The van der Waals surface area contributed by atoms with E-state index in [1.165, 1.54) is 6.92 Å². The van der Waals surface area contributed by atoms with Crippen LogP contribution in [0.4, 0.5) is 5.69 Å². The van der Waals surface area contributed by atoms with Gasteiger partial charge in [0.25, 0.3) is 5.91 Å². The van der Waals surface area contributed by atoms with Gasteiger partial charge in [-0.25, -0.2) is 0 Å². The first-order chi connectivity index (χ1) is 13.1. The van der Waals surface area contributed by atoms with Gasteiger partial charge in [0.15, 0.2) is 5.78 Å². The van der Waals surface area contributed by atoms with Gasteiger partial charge in [0.2, 0.25) is 6.10 Å². The van der Waals surface area contributed by atoms with Crippen LogP contribution in [0.5, 0.6) is 0 Å². The highest BCUT2D eigenvalue weighted by Gasteiger charge is 2.69. The highest BCUT2D eigenvalue weighted by atomic mass is 35.5. The minimum Gasteiger partial charge on any atom is -0.447 e. The number of amides is 1. The van der Waals surface area contributed by atoms with Crippen molar-refractivity contribution in [3.05, 3.63) is 65.7 Å². The number of benzene rings is 2. The molecule has 0 radical (unpaired) electrons. The summed E-state index contributed by atoms with van der Waals surface area (Å²) >= 11 is 12.1. The van der Waals surface area contributed by atoms with E-state index in [1.807, 2.05) is 0 Å². The number of rotatable bonds is 6. The van der Waals surface area contributed by atoms with Gasteiger partial charge < -0.3 is 10.1 Å². The van der Waals surface area contributed by atoms with E-state index >= 15 is 0 Å². The predicted octanol–water partition coefficient (Wildman–Crippen LogP) is 4.70. The number of carbonyl (C=O) groups excluding carboxylic acids is 3. The van der Waals surface area contributed by atoms with E-state index in [1.54, 1.807) is 61.5 Å². The van der Waals surface area contributed by atoms with Gasteiger partial charge in [-0.05, 0) is 26.0 Å². The molecule has 3 rings (SSSR count). The maximum atomic E-state index is 12.9. The molecule has 0 aromatic heterocycles. The van der Waals surface area contributed by atoms with Crippen LogP contribution in [-0.4, -0.2) is 22.0 Å². The number of hydrogen-bond acceptors (Lipinski definition) is 4. The molecule has 0 spiro atoms. The first-order valence-electron chi connectivity index (χ1n) is 8.70. The maximum Gasteiger partial charge on any atom is 0.316 e. The average molecular weight is 420 g/mol. The Labute approximate surface area is 173 Å². The lowest BCUT2D eigenvalue weighted by atomic mass is 10.1. The topological polar surface area (TPSA) is 72.5 Å². The van der Waals surface area contributed by atoms with Crippen molar-refractivity contribution in [2.24, 2.45) is 5.41 Å². The highest BCUT2D eigenvalue weighted by Crippen LogP contribution is 2.64. The van der Waals surface area contributed by atoms with Crippen LogP contribution in [0.3, 0.4) is 0 Å². The van der Waals surface area contributed by atoms with Gasteiger partial charge in [-0.1, -0.05) is 42.5 Å². The second kappa shape index (κ2) is 7.57. The highest BCUT2D eigenvalue weighted by molar-refractivity contribution is 6.53. The van der Waals surface area contributed by atoms with Crippen molar-refractivity contribution in [2.45, 2.75) is 30.7 Å². The normalized spacial score (nSPS) is 20.7. The summed E-state index contributed by atoms with van der Waals surface area (Å²) in [5.74, 6) is -1.30. The molecule has 0 bridgehead atoms. The first-order valence-corrected chi connectivity index (χ1v) is 9.45. The number of halogens is 2. The SMILES string of the molecule is CC(=O)c1cccc(NC(=O)[C@H](OC(=O)[C@]2(C)CC2(Cl)Cl)c2ccccc2)c1. The second-order valence-electron chi connectivity index (χ2n) is 7.04. The minimum atomic E-state index is -1.20. The van der Waals surface area contributed by atoms with Gasteiger partial charge in [-0.15, -0.1) is 23.2 Å². The third kappa shape index (κ3) is 4.05. The molecule has 0 saturated heterocycles. The van der Waals surface area contributed by atoms with Crippen LogP contribution in [0.1, 0.15) is 42.3 Å². The summed E-state index contributed by atoms with van der Waals surface area (Å²) in [7, 11) is 0. The van der Waals surface area contributed by atoms with Crippen molar-refractivity contribution < 1.29 is 19.1 Å². The summed E-state index contributed by atoms with van der Waals surface area (Å²) in [4.78, 5) is 37.1. The number of hydrogen-bond donors (Lipinski definition) is 1. The van der Waals surface area contributed by atoms with Gasteiger partial charge in [0.1, 0.15) is 9.75 Å². The smallest absolute Gasteiger partial charge is 0.316 e. The molecule has 0 heterocycles. The molecule has 146 valence electrons. The number of ketones is 1. The largest absolute Gasteiger partial charge is 0.447 e. The second-order valence-corrected chi connectivity index (χ2v) is 8.52.